The average molecular weight is 241 g/mol. The van der Waals surface area contributed by atoms with Crippen molar-refractivity contribution in [2.45, 2.75) is 6.61 Å². The normalized spacial score (nSPS) is 10.7. The summed E-state index contributed by atoms with van der Waals surface area (Å²) in [5.41, 5.74) is 8.83. The van der Waals surface area contributed by atoms with Gasteiger partial charge in [-0.2, -0.15) is 0 Å². The lowest BCUT2D eigenvalue weighted by atomic mass is 10.2. The number of nitrogens with zero attached hydrogens (tertiary/aromatic N) is 2. The van der Waals surface area contributed by atoms with Gasteiger partial charge in [0.05, 0.1) is 0 Å². The van der Waals surface area contributed by atoms with Gasteiger partial charge in [0.25, 0.3) is 0 Å². The van der Waals surface area contributed by atoms with E-state index in [-0.39, 0.29) is 0 Å². The number of anilines is 1. The maximum atomic E-state index is 5.68. The Kier molecular flexibility index (Phi) is 2.57. The molecule has 0 aliphatic heterocycles. The first-order chi connectivity index (χ1) is 8.81. The largest absolute Gasteiger partial charge is 0.489 e. The second-order valence-electron chi connectivity index (χ2n) is 3.95. The summed E-state index contributed by atoms with van der Waals surface area (Å²) >= 11 is 0. The summed E-state index contributed by atoms with van der Waals surface area (Å²) < 4.78 is 10.3. The second kappa shape index (κ2) is 4.37. The van der Waals surface area contributed by atoms with Crippen LogP contribution < -0.4 is 10.5 Å². The zero-order valence-electron chi connectivity index (χ0n) is 9.54. The summed E-state index contributed by atoms with van der Waals surface area (Å²) in [7, 11) is 0. The first-order valence-corrected chi connectivity index (χ1v) is 5.51. The van der Waals surface area contributed by atoms with Crippen LogP contribution in [0.4, 0.5) is 5.69 Å². The van der Waals surface area contributed by atoms with E-state index in [9.17, 15) is 0 Å². The number of nitrogen functional groups attached to an aromatic ring is 1. The van der Waals surface area contributed by atoms with Crippen molar-refractivity contribution < 1.29 is 9.37 Å². The van der Waals surface area contributed by atoms with Crippen molar-refractivity contribution in [1.82, 2.24) is 10.3 Å². The van der Waals surface area contributed by atoms with Crippen LogP contribution in [-0.4, -0.2) is 10.3 Å². The van der Waals surface area contributed by atoms with E-state index >= 15 is 0 Å². The molecule has 90 valence electrons. The Morgan fingerprint density at radius 1 is 1.06 bits per heavy atom. The lowest BCUT2D eigenvalue weighted by molar-refractivity contribution is 0.306. The van der Waals surface area contributed by atoms with E-state index in [1.165, 1.54) is 0 Å². The van der Waals surface area contributed by atoms with Crippen molar-refractivity contribution >= 4 is 16.7 Å². The molecule has 1 heterocycles. The lowest BCUT2D eigenvalue weighted by Crippen LogP contribution is -1.96. The summed E-state index contributed by atoms with van der Waals surface area (Å²) in [6.07, 6.45) is 0. The fourth-order valence-electron chi connectivity index (χ4n) is 1.69. The number of hydrogen-bond acceptors (Lipinski definition) is 5. The summed E-state index contributed by atoms with van der Waals surface area (Å²) in [5.74, 6) is 0.744. The number of ether oxygens (including phenoxy) is 1. The summed E-state index contributed by atoms with van der Waals surface area (Å²) in [6.45, 7) is 0.451. The fraction of sp³-hybridized carbons (Fsp3) is 0.0769. The summed E-state index contributed by atoms with van der Waals surface area (Å²) in [6, 6.07) is 13.0. The van der Waals surface area contributed by atoms with Crippen LogP contribution in [0.1, 0.15) is 5.56 Å². The van der Waals surface area contributed by atoms with E-state index in [1.54, 1.807) is 6.07 Å². The first kappa shape index (κ1) is 10.6. The summed E-state index contributed by atoms with van der Waals surface area (Å²) in [5, 5.41) is 7.53. The first-order valence-electron chi connectivity index (χ1n) is 5.51. The molecule has 0 radical (unpaired) electrons. The van der Waals surface area contributed by atoms with Crippen LogP contribution in [-0.2, 0) is 6.61 Å². The van der Waals surface area contributed by atoms with E-state index in [4.69, 9.17) is 10.5 Å². The number of benzene rings is 2. The van der Waals surface area contributed by atoms with Gasteiger partial charge in [-0.1, -0.05) is 12.1 Å². The minimum Gasteiger partial charge on any atom is -0.489 e. The van der Waals surface area contributed by atoms with E-state index in [0.717, 1.165) is 22.3 Å². The van der Waals surface area contributed by atoms with Crippen LogP contribution in [0.25, 0.3) is 11.0 Å². The smallest absolute Gasteiger partial charge is 0.135 e. The Morgan fingerprint density at radius 3 is 2.83 bits per heavy atom. The maximum absolute atomic E-state index is 5.68. The Bertz CT molecular complexity index is 679. The van der Waals surface area contributed by atoms with Crippen LogP contribution in [0.5, 0.6) is 5.75 Å². The number of rotatable bonds is 3. The SMILES string of the molecule is Nc1cccc(OCc2ccc3nonc3c2)c1. The molecule has 0 atom stereocenters. The van der Waals surface area contributed by atoms with Crippen LogP contribution >= 0.6 is 0 Å². The van der Waals surface area contributed by atoms with Crippen molar-refractivity contribution in [3.05, 3.63) is 48.0 Å². The Labute approximate surface area is 103 Å². The molecule has 0 spiro atoms. The van der Waals surface area contributed by atoms with Crippen LogP contribution in [0.15, 0.2) is 47.1 Å². The molecule has 1 aromatic heterocycles. The zero-order chi connectivity index (χ0) is 12.4. The van der Waals surface area contributed by atoms with E-state index in [1.807, 2.05) is 36.4 Å². The monoisotopic (exact) mass is 241 g/mol. The molecule has 2 N–H and O–H groups in total. The number of nitrogens with two attached hydrogens (primary N) is 1. The van der Waals surface area contributed by atoms with Gasteiger partial charge in [0.2, 0.25) is 0 Å². The lowest BCUT2D eigenvalue weighted by Gasteiger charge is -2.06. The van der Waals surface area contributed by atoms with Gasteiger partial charge in [-0.25, -0.2) is 4.63 Å². The molecule has 5 heteroatoms. The van der Waals surface area contributed by atoms with Gasteiger partial charge >= 0.3 is 0 Å². The molecule has 0 unspecified atom stereocenters. The van der Waals surface area contributed by atoms with Crippen molar-refractivity contribution in [2.75, 3.05) is 5.73 Å². The van der Waals surface area contributed by atoms with E-state index in [0.29, 0.717) is 12.3 Å². The molecule has 0 aliphatic carbocycles. The Hall–Kier alpha value is -2.56. The molecule has 5 nitrogen and oxygen atoms in total. The predicted molar refractivity (Wildman–Crippen MR) is 67.0 cm³/mol. The van der Waals surface area contributed by atoms with Gasteiger partial charge in [-0.3, -0.25) is 0 Å². The van der Waals surface area contributed by atoms with Crippen LogP contribution in [0.2, 0.25) is 0 Å². The highest BCUT2D eigenvalue weighted by Crippen LogP contribution is 2.17. The topological polar surface area (TPSA) is 74.2 Å². The van der Waals surface area contributed by atoms with Crippen molar-refractivity contribution in [1.29, 1.82) is 0 Å². The highest BCUT2D eigenvalue weighted by Gasteiger charge is 2.02. The molecule has 0 bridgehead atoms. The minimum atomic E-state index is 0.451. The molecular weight excluding hydrogens is 230 g/mol. The third-order valence-electron chi connectivity index (χ3n) is 2.58. The molecule has 2 aromatic carbocycles. The molecule has 0 amide bonds. The summed E-state index contributed by atoms with van der Waals surface area (Å²) in [4.78, 5) is 0. The quantitative estimate of drug-likeness (QED) is 0.712. The molecule has 0 aliphatic rings. The predicted octanol–water partition coefficient (Wildman–Crippen LogP) is 2.38. The Balaban J connectivity index is 1.76. The van der Waals surface area contributed by atoms with Crippen molar-refractivity contribution in [3.8, 4) is 5.75 Å². The van der Waals surface area contributed by atoms with Gasteiger partial charge < -0.3 is 10.5 Å². The molecule has 0 fully saturated rings. The minimum absolute atomic E-state index is 0.451. The van der Waals surface area contributed by atoms with Gasteiger partial charge in [-0.15, -0.1) is 0 Å². The number of hydrogen-bond donors (Lipinski definition) is 1. The van der Waals surface area contributed by atoms with E-state index < -0.39 is 0 Å². The third-order valence-corrected chi connectivity index (χ3v) is 2.58. The molecule has 18 heavy (non-hydrogen) atoms. The molecular formula is C13H11N3O2. The zero-order valence-corrected chi connectivity index (χ0v) is 9.54. The standard InChI is InChI=1S/C13H11N3O2/c14-10-2-1-3-11(7-10)17-8-9-4-5-12-13(6-9)16-18-15-12/h1-7H,8,14H2. The second-order valence-corrected chi connectivity index (χ2v) is 3.95. The fourth-order valence-corrected chi connectivity index (χ4v) is 1.69. The van der Waals surface area contributed by atoms with Crippen LogP contribution in [0, 0.1) is 0 Å². The van der Waals surface area contributed by atoms with Gasteiger partial charge in [0, 0.05) is 11.8 Å². The average Bonchev–Trinajstić information content (AvgIpc) is 2.84. The molecule has 3 aromatic rings. The van der Waals surface area contributed by atoms with Gasteiger partial charge in [0.1, 0.15) is 23.4 Å². The highest BCUT2D eigenvalue weighted by molar-refractivity contribution is 5.73. The van der Waals surface area contributed by atoms with Crippen molar-refractivity contribution in [3.63, 3.8) is 0 Å². The number of fused-ring (bicyclic) bond motifs is 1. The Morgan fingerprint density at radius 2 is 1.94 bits per heavy atom. The highest BCUT2D eigenvalue weighted by atomic mass is 16.6. The molecule has 0 saturated heterocycles. The molecule has 3 rings (SSSR count). The van der Waals surface area contributed by atoms with E-state index in [2.05, 4.69) is 14.9 Å². The van der Waals surface area contributed by atoms with Gasteiger partial charge in [0.15, 0.2) is 0 Å². The third kappa shape index (κ3) is 2.10. The number of aromatic nitrogens is 2. The van der Waals surface area contributed by atoms with Crippen LogP contribution in [0.3, 0.4) is 0 Å². The maximum Gasteiger partial charge on any atom is 0.135 e. The van der Waals surface area contributed by atoms with Crippen molar-refractivity contribution in [2.24, 2.45) is 0 Å². The molecule has 0 saturated carbocycles. The van der Waals surface area contributed by atoms with Gasteiger partial charge in [-0.05, 0) is 40.1 Å².